The Morgan fingerprint density at radius 2 is 1.69 bits per heavy atom. The van der Waals surface area contributed by atoms with Crippen molar-refractivity contribution in [2.75, 3.05) is 22.9 Å². The predicted octanol–water partition coefficient (Wildman–Crippen LogP) is 6.98. The molecule has 3 aromatic rings. The van der Waals surface area contributed by atoms with Crippen molar-refractivity contribution in [1.82, 2.24) is 9.97 Å². The molecule has 1 N–H and O–H groups in total. The van der Waals surface area contributed by atoms with Gasteiger partial charge in [0.05, 0.1) is 0 Å². The lowest BCUT2D eigenvalue weighted by atomic mass is 10.0. The molecule has 0 amide bonds. The molecule has 1 aliphatic heterocycles. The second kappa shape index (κ2) is 12.4. The van der Waals surface area contributed by atoms with E-state index in [0.29, 0.717) is 6.54 Å². The number of aliphatic carboxylic acids is 1. The van der Waals surface area contributed by atoms with E-state index >= 15 is 0 Å². The van der Waals surface area contributed by atoms with E-state index in [2.05, 4.69) is 56.6 Å². The Morgan fingerprint density at radius 3 is 2.26 bits per heavy atom. The molecule has 0 aliphatic carbocycles. The van der Waals surface area contributed by atoms with Crippen LogP contribution in [0.1, 0.15) is 53.3 Å². The highest BCUT2D eigenvalue weighted by Crippen LogP contribution is 2.34. The zero-order valence-corrected chi connectivity index (χ0v) is 22.9. The first-order valence-corrected chi connectivity index (χ1v) is 12.8. The van der Waals surface area contributed by atoms with Gasteiger partial charge in [-0.3, -0.25) is 0 Å². The summed E-state index contributed by atoms with van der Waals surface area (Å²) in [7, 11) is 0. The van der Waals surface area contributed by atoms with Crippen LogP contribution >= 0.6 is 0 Å². The number of carboxylic acid groups (broad SMARTS) is 1. The zero-order valence-electron chi connectivity index (χ0n) is 22.9. The molecule has 0 fully saturated rings. The summed E-state index contributed by atoms with van der Waals surface area (Å²) >= 11 is 0. The molecule has 210 valence electrons. The SMILES string of the molecule is CCN(c1nc(C)c2c(n1)N(Cc1cccc(F)c1)CCCC2)c1c(C)cc(C)cc1C.O=C(O)C(F)(F)F. The van der Waals surface area contributed by atoms with Gasteiger partial charge < -0.3 is 14.9 Å². The van der Waals surface area contributed by atoms with Gasteiger partial charge >= 0.3 is 12.1 Å². The molecule has 0 spiro atoms. The van der Waals surface area contributed by atoms with Crippen molar-refractivity contribution in [2.24, 2.45) is 0 Å². The Kier molecular flexibility index (Phi) is 9.53. The third-order valence-electron chi connectivity index (χ3n) is 6.55. The van der Waals surface area contributed by atoms with Crippen LogP contribution in [0.3, 0.4) is 0 Å². The van der Waals surface area contributed by atoms with Crippen LogP contribution < -0.4 is 9.80 Å². The van der Waals surface area contributed by atoms with E-state index in [4.69, 9.17) is 19.9 Å². The number of carboxylic acids is 1. The second-order valence-corrected chi connectivity index (χ2v) is 9.71. The number of carbonyl (C=O) groups is 1. The molecule has 10 heteroatoms. The molecular formula is C29H34F4N4O2. The maximum absolute atomic E-state index is 13.8. The minimum absolute atomic E-state index is 0.195. The molecule has 0 bridgehead atoms. The van der Waals surface area contributed by atoms with Gasteiger partial charge in [-0.2, -0.15) is 18.2 Å². The summed E-state index contributed by atoms with van der Waals surface area (Å²) in [6.45, 7) is 13.0. The number of fused-ring (bicyclic) bond motifs is 1. The monoisotopic (exact) mass is 546 g/mol. The van der Waals surface area contributed by atoms with Crippen LogP contribution in [0.5, 0.6) is 0 Å². The average molecular weight is 547 g/mol. The number of aromatic nitrogens is 2. The largest absolute Gasteiger partial charge is 0.490 e. The van der Waals surface area contributed by atoms with E-state index in [0.717, 1.165) is 55.4 Å². The number of alkyl halides is 3. The number of aryl methyl sites for hydroxylation is 4. The van der Waals surface area contributed by atoms with Crippen LogP contribution in [-0.2, 0) is 17.8 Å². The molecule has 2 aromatic carbocycles. The molecule has 2 heterocycles. The van der Waals surface area contributed by atoms with Crippen molar-refractivity contribution in [3.05, 3.63) is 75.7 Å². The molecule has 1 aliphatic rings. The number of hydrogen-bond acceptors (Lipinski definition) is 5. The highest BCUT2D eigenvalue weighted by molar-refractivity contribution is 5.73. The fourth-order valence-electron chi connectivity index (χ4n) is 4.96. The summed E-state index contributed by atoms with van der Waals surface area (Å²) in [6, 6.07) is 11.3. The van der Waals surface area contributed by atoms with E-state index in [1.54, 1.807) is 12.1 Å². The van der Waals surface area contributed by atoms with Crippen molar-refractivity contribution in [3.63, 3.8) is 0 Å². The van der Waals surface area contributed by atoms with E-state index in [-0.39, 0.29) is 5.82 Å². The molecule has 4 rings (SSSR count). The van der Waals surface area contributed by atoms with E-state index in [9.17, 15) is 17.6 Å². The van der Waals surface area contributed by atoms with Crippen LogP contribution in [0.25, 0.3) is 0 Å². The normalized spacial score (nSPS) is 13.2. The third-order valence-corrected chi connectivity index (χ3v) is 6.55. The molecule has 0 unspecified atom stereocenters. The predicted molar refractivity (Wildman–Crippen MR) is 144 cm³/mol. The van der Waals surface area contributed by atoms with Crippen LogP contribution in [-0.4, -0.2) is 40.3 Å². The standard InChI is InChI=1S/C27H33FN4.C2HF3O2/c1-6-32(25-19(3)14-18(2)15-20(25)4)27-29-21(5)24-12-7-8-13-31(26(24)30-27)17-22-10-9-11-23(28)16-22;3-2(4,5)1(6)7/h9-11,14-16H,6-8,12-13,17H2,1-5H3;(H,6,7). The lowest BCUT2D eigenvalue weighted by Gasteiger charge is -2.29. The number of hydrogen-bond donors (Lipinski definition) is 1. The van der Waals surface area contributed by atoms with Crippen LogP contribution in [0.2, 0.25) is 0 Å². The number of rotatable bonds is 5. The van der Waals surface area contributed by atoms with Gasteiger partial charge in [0.2, 0.25) is 5.95 Å². The minimum Gasteiger partial charge on any atom is -0.475 e. The van der Waals surface area contributed by atoms with Crippen LogP contribution in [0, 0.1) is 33.5 Å². The molecule has 0 radical (unpaired) electrons. The van der Waals surface area contributed by atoms with E-state index in [1.807, 2.05) is 6.07 Å². The summed E-state index contributed by atoms with van der Waals surface area (Å²) in [5, 5.41) is 7.12. The van der Waals surface area contributed by atoms with E-state index in [1.165, 1.54) is 34.0 Å². The Balaban J connectivity index is 0.000000532. The Morgan fingerprint density at radius 1 is 1.05 bits per heavy atom. The molecule has 6 nitrogen and oxygen atoms in total. The van der Waals surface area contributed by atoms with Gasteiger partial charge in [0, 0.05) is 36.6 Å². The molecule has 0 saturated heterocycles. The van der Waals surface area contributed by atoms with Crippen LogP contribution in [0.15, 0.2) is 36.4 Å². The minimum atomic E-state index is -5.08. The van der Waals surface area contributed by atoms with Gasteiger partial charge in [0.1, 0.15) is 11.6 Å². The average Bonchev–Trinajstić information content (AvgIpc) is 3.03. The van der Waals surface area contributed by atoms with Gasteiger partial charge in [-0.25, -0.2) is 14.2 Å². The van der Waals surface area contributed by atoms with Gasteiger partial charge in [0.15, 0.2) is 0 Å². The quantitative estimate of drug-likeness (QED) is 0.348. The highest BCUT2D eigenvalue weighted by Gasteiger charge is 2.38. The number of anilines is 3. The van der Waals surface area contributed by atoms with Gasteiger partial charge in [-0.1, -0.05) is 29.8 Å². The maximum Gasteiger partial charge on any atom is 0.490 e. The summed E-state index contributed by atoms with van der Waals surface area (Å²) in [5.41, 5.74) is 8.14. The van der Waals surface area contributed by atoms with Gasteiger partial charge in [0.25, 0.3) is 0 Å². The smallest absolute Gasteiger partial charge is 0.475 e. The summed E-state index contributed by atoms with van der Waals surface area (Å²) in [4.78, 5) is 23.5. The molecule has 0 saturated carbocycles. The fourth-order valence-corrected chi connectivity index (χ4v) is 4.96. The summed E-state index contributed by atoms with van der Waals surface area (Å²) in [5.74, 6) is -1.22. The van der Waals surface area contributed by atoms with Crippen molar-refractivity contribution < 1.29 is 27.5 Å². The van der Waals surface area contributed by atoms with E-state index < -0.39 is 12.1 Å². The summed E-state index contributed by atoms with van der Waals surface area (Å²) in [6.07, 6.45) is -1.90. The fraction of sp³-hybridized carbons (Fsp3) is 0.414. The first-order chi connectivity index (χ1) is 18.3. The second-order valence-electron chi connectivity index (χ2n) is 9.71. The van der Waals surface area contributed by atoms with Crippen molar-refractivity contribution in [2.45, 2.75) is 66.6 Å². The Hall–Kier alpha value is -3.69. The van der Waals surface area contributed by atoms with Crippen molar-refractivity contribution >= 4 is 23.4 Å². The van der Waals surface area contributed by atoms with Crippen LogP contribution in [0.4, 0.5) is 35.0 Å². The molecule has 1 aromatic heterocycles. The molecule has 0 atom stereocenters. The first-order valence-electron chi connectivity index (χ1n) is 12.8. The topological polar surface area (TPSA) is 69.6 Å². The number of nitrogens with zero attached hydrogens (tertiary/aromatic N) is 4. The highest BCUT2D eigenvalue weighted by atomic mass is 19.4. The zero-order chi connectivity index (χ0) is 28.9. The van der Waals surface area contributed by atoms with Crippen molar-refractivity contribution in [1.29, 1.82) is 0 Å². The lowest BCUT2D eigenvalue weighted by molar-refractivity contribution is -0.192. The first kappa shape index (κ1) is 29.9. The number of halogens is 4. The van der Waals surface area contributed by atoms with Crippen molar-refractivity contribution in [3.8, 4) is 0 Å². The van der Waals surface area contributed by atoms with Gasteiger partial charge in [-0.05, 0) is 82.7 Å². The molecule has 39 heavy (non-hydrogen) atoms. The Bertz CT molecular complexity index is 1300. The lowest BCUT2D eigenvalue weighted by Crippen LogP contribution is -2.27. The van der Waals surface area contributed by atoms with Gasteiger partial charge in [-0.15, -0.1) is 0 Å². The maximum atomic E-state index is 13.8. The third kappa shape index (κ3) is 7.46. The Labute approximate surface area is 226 Å². The summed E-state index contributed by atoms with van der Waals surface area (Å²) < 4.78 is 45.6. The molecular weight excluding hydrogens is 512 g/mol. The number of benzene rings is 2.